The standard InChI is InChI=1S/C44H76N2O12/c1-26-20-44(8,52-13)40(58-42-37(48)34(45(9)10)19-28(3)54-42)29(4)38(57-35-21-43(7,51-12)39(49)31(6)55-35)30(5)41(50)56-33(23-46(11)22-27(2)36(26)47)25-53-24-32-17-15-14-16-18-32/h14-18,26-31,33-40,42,47-49H,19-25H2,1-13H3/t26-,27-,28-,29+,30-,31+,33+,34+,35+,36+,37-,38+,39+,40-,42+,43-,44+/m1/s1. The summed E-state index contributed by atoms with van der Waals surface area (Å²) in [6.45, 7) is 16.6. The highest BCUT2D eigenvalue weighted by atomic mass is 16.7. The molecule has 14 nitrogen and oxygen atoms in total. The number of hydrogen-bond acceptors (Lipinski definition) is 14. The normalized spacial score (nSPS) is 43.1. The molecule has 4 rings (SSSR count). The third kappa shape index (κ3) is 12.2. The monoisotopic (exact) mass is 825 g/mol. The number of aliphatic hydroxyl groups excluding tert-OH is 3. The van der Waals surface area contributed by atoms with E-state index in [4.69, 9.17) is 37.9 Å². The Bertz CT molecular complexity index is 1390. The van der Waals surface area contributed by atoms with E-state index >= 15 is 0 Å². The highest BCUT2D eigenvalue weighted by Crippen LogP contribution is 2.41. The summed E-state index contributed by atoms with van der Waals surface area (Å²) in [5.74, 6) is -2.41. The van der Waals surface area contributed by atoms with Gasteiger partial charge in [-0.3, -0.25) is 4.79 Å². The van der Waals surface area contributed by atoms with Gasteiger partial charge in [0.05, 0.1) is 60.9 Å². The SMILES string of the molecule is CO[C@]1(C)C[C@H](O[C@H]2[C@H](C)[C@@H](O[C@@H]3O[C@H](C)C[C@H](N(C)C)[C@H]3O)[C@@](C)(OC)C[C@@H](C)[C@H](O)[C@H](C)CN(C)C[C@@H](COCc3ccccc3)OC(=O)[C@@H]2C)O[C@@H](C)[C@@H]1O. The Morgan fingerprint density at radius 1 is 0.862 bits per heavy atom. The second kappa shape index (κ2) is 21.3. The van der Waals surface area contributed by atoms with Gasteiger partial charge in [-0.1, -0.05) is 51.1 Å². The van der Waals surface area contributed by atoms with Crippen LogP contribution in [0.2, 0.25) is 0 Å². The van der Waals surface area contributed by atoms with Crippen LogP contribution >= 0.6 is 0 Å². The Kier molecular flexibility index (Phi) is 18.0. The lowest BCUT2D eigenvalue weighted by Gasteiger charge is -2.49. The van der Waals surface area contributed by atoms with E-state index in [0.717, 1.165) is 5.56 Å². The van der Waals surface area contributed by atoms with Gasteiger partial charge in [0.25, 0.3) is 0 Å². The van der Waals surface area contributed by atoms with Crippen LogP contribution in [0.1, 0.15) is 80.2 Å². The molecule has 1 aromatic rings. The van der Waals surface area contributed by atoms with Gasteiger partial charge in [0.15, 0.2) is 12.6 Å². The molecule has 0 bridgehead atoms. The van der Waals surface area contributed by atoms with Gasteiger partial charge in [-0.2, -0.15) is 0 Å². The van der Waals surface area contributed by atoms with Crippen LogP contribution < -0.4 is 0 Å². The lowest BCUT2D eigenvalue weighted by Crippen LogP contribution is -2.61. The van der Waals surface area contributed by atoms with Crippen molar-refractivity contribution in [2.75, 3.05) is 55.1 Å². The van der Waals surface area contributed by atoms with Crippen LogP contribution in [0.4, 0.5) is 0 Å². The number of carbonyl (C=O) groups excluding carboxylic acids is 1. The molecule has 0 amide bonds. The molecular weight excluding hydrogens is 748 g/mol. The van der Waals surface area contributed by atoms with Gasteiger partial charge in [-0.15, -0.1) is 0 Å². The number of cyclic esters (lactones) is 1. The topological polar surface area (TPSA) is 158 Å². The quantitative estimate of drug-likeness (QED) is 0.277. The van der Waals surface area contributed by atoms with E-state index < -0.39 is 84.3 Å². The molecule has 0 unspecified atom stereocenters. The van der Waals surface area contributed by atoms with Gasteiger partial charge in [0.1, 0.15) is 18.3 Å². The molecule has 3 aliphatic rings. The number of methoxy groups -OCH3 is 2. The van der Waals surface area contributed by atoms with Gasteiger partial charge < -0.3 is 63.0 Å². The average Bonchev–Trinajstić information content (AvgIpc) is 3.17. The van der Waals surface area contributed by atoms with Crippen LogP contribution in [-0.2, 0) is 49.3 Å². The number of likely N-dealkylation sites (N-methyl/N-ethyl adjacent to an activating group) is 2. The Morgan fingerprint density at radius 2 is 1.52 bits per heavy atom. The molecule has 14 heteroatoms. The summed E-state index contributed by atoms with van der Waals surface area (Å²) in [5.41, 5.74) is -1.07. The molecule has 0 aromatic heterocycles. The molecule has 3 aliphatic heterocycles. The van der Waals surface area contributed by atoms with Crippen molar-refractivity contribution in [3.05, 3.63) is 35.9 Å². The van der Waals surface area contributed by atoms with Gasteiger partial charge in [0.2, 0.25) is 0 Å². The minimum atomic E-state index is -1.08. The van der Waals surface area contributed by atoms with Crippen molar-refractivity contribution in [2.24, 2.45) is 23.7 Å². The number of aliphatic hydroxyl groups is 3. The molecule has 0 aliphatic carbocycles. The van der Waals surface area contributed by atoms with E-state index in [0.29, 0.717) is 32.5 Å². The molecule has 334 valence electrons. The van der Waals surface area contributed by atoms with E-state index in [1.54, 1.807) is 28.1 Å². The van der Waals surface area contributed by atoms with Crippen molar-refractivity contribution in [3.8, 4) is 0 Å². The fourth-order valence-electron chi connectivity index (χ4n) is 9.33. The van der Waals surface area contributed by atoms with Crippen LogP contribution in [-0.4, -0.2) is 165 Å². The fraction of sp³-hybridized carbons (Fsp3) is 0.841. The van der Waals surface area contributed by atoms with Gasteiger partial charge >= 0.3 is 5.97 Å². The summed E-state index contributed by atoms with van der Waals surface area (Å²) in [7, 11) is 8.95. The predicted molar refractivity (Wildman–Crippen MR) is 219 cm³/mol. The second-order valence-corrected chi connectivity index (χ2v) is 18.3. The minimum absolute atomic E-state index is 0.148. The molecule has 58 heavy (non-hydrogen) atoms. The molecule has 3 N–H and O–H groups in total. The number of ether oxygens (including phenoxy) is 8. The van der Waals surface area contributed by atoms with Crippen LogP contribution in [0.25, 0.3) is 0 Å². The van der Waals surface area contributed by atoms with E-state index in [1.165, 1.54) is 0 Å². The van der Waals surface area contributed by atoms with Crippen LogP contribution in [0.3, 0.4) is 0 Å². The summed E-state index contributed by atoms with van der Waals surface area (Å²) < 4.78 is 51.2. The molecule has 0 saturated carbocycles. The fourth-order valence-corrected chi connectivity index (χ4v) is 9.33. The minimum Gasteiger partial charge on any atom is -0.458 e. The van der Waals surface area contributed by atoms with Crippen molar-refractivity contribution in [3.63, 3.8) is 0 Å². The molecule has 1 aromatic carbocycles. The Hall–Kier alpha value is -1.79. The third-order valence-corrected chi connectivity index (χ3v) is 13.0. The average molecular weight is 825 g/mol. The number of benzene rings is 1. The Labute approximate surface area is 347 Å². The van der Waals surface area contributed by atoms with Crippen molar-refractivity contribution >= 4 is 5.97 Å². The van der Waals surface area contributed by atoms with Crippen molar-refractivity contribution in [2.45, 2.75) is 160 Å². The highest BCUT2D eigenvalue weighted by Gasteiger charge is 2.52. The maximum absolute atomic E-state index is 14.5. The summed E-state index contributed by atoms with van der Waals surface area (Å²) >= 11 is 0. The second-order valence-electron chi connectivity index (χ2n) is 18.3. The summed E-state index contributed by atoms with van der Waals surface area (Å²) in [5, 5.41) is 34.6. The molecular formula is C44H76N2O12. The van der Waals surface area contributed by atoms with Crippen LogP contribution in [0.15, 0.2) is 30.3 Å². The number of hydrogen-bond donors (Lipinski definition) is 3. The first kappa shape index (κ1) is 48.9. The lowest BCUT2D eigenvalue weighted by molar-refractivity contribution is -0.319. The first-order valence-corrected chi connectivity index (χ1v) is 21.2. The van der Waals surface area contributed by atoms with E-state index in [-0.39, 0.29) is 37.0 Å². The van der Waals surface area contributed by atoms with E-state index in [2.05, 4.69) is 4.90 Å². The Morgan fingerprint density at radius 3 is 2.14 bits per heavy atom. The summed E-state index contributed by atoms with van der Waals surface area (Å²) in [6.07, 6.45) is -6.66. The number of nitrogens with zero attached hydrogens (tertiary/aromatic N) is 2. The number of esters is 1. The molecule has 0 radical (unpaired) electrons. The predicted octanol–water partition coefficient (Wildman–Crippen LogP) is 3.86. The van der Waals surface area contributed by atoms with Gasteiger partial charge in [0, 0.05) is 45.7 Å². The molecule has 3 fully saturated rings. The van der Waals surface area contributed by atoms with Crippen LogP contribution in [0, 0.1) is 23.7 Å². The zero-order chi connectivity index (χ0) is 43.1. The highest BCUT2D eigenvalue weighted by molar-refractivity contribution is 5.73. The zero-order valence-electron chi connectivity index (χ0n) is 37.4. The molecule has 3 heterocycles. The molecule has 3 saturated heterocycles. The first-order valence-electron chi connectivity index (χ1n) is 21.2. The number of carbonyl (C=O) groups is 1. The lowest BCUT2D eigenvalue weighted by atomic mass is 9.75. The third-order valence-electron chi connectivity index (χ3n) is 13.0. The van der Waals surface area contributed by atoms with Crippen LogP contribution in [0.5, 0.6) is 0 Å². The largest absolute Gasteiger partial charge is 0.458 e. The summed E-state index contributed by atoms with van der Waals surface area (Å²) in [4.78, 5) is 18.6. The number of rotatable bonds is 11. The van der Waals surface area contributed by atoms with Gasteiger partial charge in [-0.05, 0) is 86.0 Å². The molecule has 0 spiro atoms. The van der Waals surface area contributed by atoms with Crippen molar-refractivity contribution in [1.29, 1.82) is 0 Å². The maximum atomic E-state index is 14.5. The molecule has 17 atom stereocenters. The van der Waals surface area contributed by atoms with Crippen molar-refractivity contribution < 1.29 is 58.0 Å². The summed E-state index contributed by atoms with van der Waals surface area (Å²) in [6, 6.07) is 9.58. The maximum Gasteiger partial charge on any atom is 0.311 e. The zero-order valence-corrected chi connectivity index (χ0v) is 37.4. The Balaban J connectivity index is 1.79. The van der Waals surface area contributed by atoms with E-state index in [1.807, 2.05) is 97.9 Å². The smallest absolute Gasteiger partial charge is 0.311 e. The van der Waals surface area contributed by atoms with Crippen molar-refractivity contribution in [1.82, 2.24) is 9.80 Å². The van der Waals surface area contributed by atoms with E-state index in [9.17, 15) is 20.1 Å². The first-order chi connectivity index (χ1) is 27.2. The van der Waals surface area contributed by atoms with Gasteiger partial charge in [-0.25, -0.2) is 0 Å².